The van der Waals surface area contributed by atoms with Crippen molar-refractivity contribution < 1.29 is 13.2 Å². The molecule has 0 saturated heterocycles. The Morgan fingerprint density at radius 3 is 2.18 bits per heavy atom. The zero-order valence-corrected chi connectivity index (χ0v) is 5.87. The molecule has 6 heteroatoms. The summed E-state index contributed by atoms with van der Waals surface area (Å²) in [5, 5.41) is 0. The number of rotatable bonds is 0. The lowest BCUT2D eigenvalue weighted by atomic mass is 10.5. The maximum Gasteiger partial charge on any atom is 0.432 e. The Labute approximate surface area is 61.2 Å². The molecule has 0 bridgehead atoms. The summed E-state index contributed by atoms with van der Waals surface area (Å²) in [6.07, 6.45) is -3.53. The number of aryl methyl sites for hydroxylation is 1. The van der Waals surface area contributed by atoms with E-state index < -0.39 is 11.9 Å². The van der Waals surface area contributed by atoms with Gasteiger partial charge in [0.1, 0.15) is 11.5 Å². The highest BCUT2D eigenvalue weighted by Gasteiger charge is 2.32. The number of nitrogens with zero attached hydrogens (tertiary/aromatic N) is 1. The molecule has 64 valence electrons. The smallest absolute Gasteiger partial charge is 0.344 e. The molecule has 11 heavy (non-hydrogen) atoms. The van der Waals surface area contributed by atoms with Gasteiger partial charge in [0.05, 0.1) is 6.20 Å². The molecule has 0 aliphatic rings. The molecular formula is C5H8F3N3. The monoisotopic (exact) mass is 167 g/mol. The number of alkyl halides is 3. The zero-order valence-electron chi connectivity index (χ0n) is 5.87. The molecule has 0 amide bonds. The Morgan fingerprint density at radius 2 is 2.00 bits per heavy atom. The maximum absolute atomic E-state index is 11.7. The van der Waals surface area contributed by atoms with Crippen molar-refractivity contribution in [2.45, 2.75) is 13.1 Å². The molecule has 1 heterocycles. The summed E-state index contributed by atoms with van der Waals surface area (Å²) >= 11 is 0. The van der Waals surface area contributed by atoms with Crippen LogP contribution in [0.4, 0.5) is 13.2 Å². The van der Waals surface area contributed by atoms with Gasteiger partial charge in [-0.2, -0.15) is 13.2 Å². The third kappa shape index (κ3) is 2.23. The summed E-state index contributed by atoms with van der Waals surface area (Å²) in [6.45, 7) is 1.47. The van der Waals surface area contributed by atoms with Crippen LogP contribution in [0.25, 0.3) is 0 Å². The molecule has 0 aliphatic carbocycles. The molecule has 3 nitrogen and oxygen atoms in total. The largest absolute Gasteiger partial charge is 0.432 e. The first-order valence-electron chi connectivity index (χ1n) is 2.59. The van der Waals surface area contributed by atoms with Crippen molar-refractivity contribution in [2.24, 2.45) is 0 Å². The summed E-state index contributed by atoms with van der Waals surface area (Å²) in [6, 6.07) is 0. The van der Waals surface area contributed by atoms with Gasteiger partial charge in [-0.05, 0) is 6.92 Å². The molecule has 4 N–H and O–H groups in total. The van der Waals surface area contributed by atoms with Gasteiger partial charge in [-0.3, -0.25) is 0 Å². The van der Waals surface area contributed by atoms with Crippen LogP contribution in [-0.4, -0.2) is 9.97 Å². The second-order valence-corrected chi connectivity index (χ2v) is 1.88. The maximum atomic E-state index is 11.7. The van der Waals surface area contributed by atoms with Crippen molar-refractivity contribution >= 4 is 0 Å². The van der Waals surface area contributed by atoms with E-state index in [1.807, 2.05) is 0 Å². The second kappa shape index (κ2) is 2.91. The van der Waals surface area contributed by atoms with Crippen LogP contribution in [0.15, 0.2) is 6.20 Å². The summed E-state index contributed by atoms with van der Waals surface area (Å²) in [5.74, 6) is 0.271. The molecule has 0 saturated carbocycles. The van der Waals surface area contributed by atoms with E-state index in [-0.39, 0.29) is 12.0 Å². The fourth-order valence-electron chi connectivity index (χ4n) is 0.565. The molecule has 0 radical (unpaired) electrons. The number of nitrogens with one attached hydrogen (secondary N) is 1. The Kier molecular flexibility index (Phi) is 2.64. The van der Waals surface area contributed by atoms with E-state index in [0.717, 1.165) is 6.20 Å². The molecule has 1 rings (SSSR count). The van der Waals surface area contributed by atoms with E-state index >= 15 is 0 Å². The first-order chi connectivity index (χ1) is 4.50. The molecule has 0 unspecified atom stereocenters. The zero-order chi connectivity index (χ0) is 7.78. The van der Waals surface area contributed by atoms with Crippen LogP contribution in [-0.2, 0) is 6.18 Å². The number of aromatic nitrogens is 2. The average Bonchev–Trinajstić information content (AvgIpc) is 2.11. The van der Waals surface area contributed by atoms with Crippen molar-refractivity contribution in [1.29, 1.82) is 0 Å². The normalized spacial score (nSPS) is 10.9. The predicted molar refractivity (Wildman–Crippen MR) is 33.3 cm³/mol. The fraction of sp³-hybridized carbons (Fsp3) is 0.400. The molecular weight excluding hydrogens is 159 g/mol. The van der Waals surface area contributed by atoms with Crippen LogP contribution in [0, 0.1) is 6.92 Å². The van der Waals surface area contributed by atoms with E-state index in [9.17, 15) is 13.2 Å². The van der Waals surface area contributed by atoms with E-state index in [0.29, 0.717) is 0 Å². The number of hydrogen-bond acceptors (Lipinski definition) is 2. The van der Waals surface area contributed by atoms with Crippen molar-refractivity contribution in [3.05, 3.63) is 17.7 Å². The molecule has 0 aliphatic heterocycles. The van der Waals surface area contributed by atoms with Crippen LogP contribution < -0.4 is 6.15 Å². The van der Waals surface area contributed by atoms with Crippen molar-refractivity contribution in [1.82, 2.24) is 16.1 Å². The highest BCUT2D eigenvalue weighted by Crippen LogP contribution is 2.26. The summed E-state index contributed by atoms with van der Waals surface area (Å²) in [7, 11) is 0. The lowest BCUT2D eigenvalue weighted by Gasteiger charge is -1.99. The number of aromatic amines is 1. The third-order valence-corrected chi connectivity index (χ3v) is 1.01. The average molecular weight is 167 g/mol. The van der Waals surface area contributed by atoms with Gasteiger partial charge in [-0.25, -0.2) is 4.98 Å². The molecule has 0 spiro atoms. The fourth-order valence-corrected chi connectivity index (χ4v) is 0.565. The quantitative estimate of drug-likeness (QED) is 0.619. The highest BCUT2D eigenvalue weighted by molar-refractivity contribution is 5.03. The molecule has 1 aromatic rings. The SMILES string of the molecule is Cc1ncc(C(F)(F)F)[nH]1.N. The number of imidazole rings is 1. The first kappa shape index (κ1) is 9.96. The minimum Gasteiger partial charge on any atom is -0.344 e. The molecule has 0 atom stereocenters. The third-order valence-electron chi connectivity index (χ3n) is 1.01. The van der Waals surface area contributed by atoms with Gasteiger partial charge in [0.15, 0.2) is 0 Å². The van der Waals surface area contributed by atoms with Crippen molar-refractivity contribution in [3.8, 4) is 0 Å². The van der Waals surface area contributed by atoms with Gasteiger partial charge in [-0.15, -0.1) is 0 Å². The summed E-state index contributed by atoms with van der Waals surface area (Å²) < 4.78 is 35.2. The Hall–Kier alpha value is -1.04. The van der Waals surface area contributed by atoms with Crippen LogP contribution in [0.1, 0.15) is 11.5 Å². The van der Waals surface area contributed by atoms with E-state index in [1.54, 1.807) is 0 Å². The van der Waals surface area contributed by atoms with Gasteiger partial charge < -0.3 is 11.1 Å². The standard InChI is InChI=1S/C5H5F3N2.H3N/c1-3-9-2-4(10-3)5(6,7)8;/h2H,1H3,(H,9,10);1H3. The Balaban J connectivity index is 0.000001000. The molecule has 0 fully saturated rings. The van der Waals surface area contributed by atoms with Crippen molar-refractivity contribution in [2.75, 3.05) is 0 Å². The van der Waals surface area contributed by atoms with E-state index in [4.69, 9.17) is 0 Å². The van der Waals surface area contributed by atoms with Gasteiger partial charge in [-0.1, -0.05) is 0 Å². The Bertz CT molecular complexity index is 227. The topological polar surface area (TPSA) is 63.7 Å². The van der Waals surface area contributed by atoms with Crippen LogP contribution in [0.2, 0.25) is 0 Å². The minimum atomic E-state index is -4.30. The molecule has 1 aromatic heterocycles. The van der Waals surface area contributed by atoms with Gasteiger partial charge in [0.25, 0.3) is 0 Å². The second-order valence-electron chi connectivity index (χ2n) is 1.88. The van der Waals surface area contributed by atoms with E-state index in [1.165, 1.54) is 6.92 Å². The molecule has 0 aromatic carbocycles. The summed E-state index contributed by atoms with van der Waals surface area (Å²) in [4.78, 5) is 5.49. The number of H-pyrrole nitrogens is 1. The number of hydrogen-bond donors (Lipinski definition) is 2. The summed E-state index contributed by atoms with van der Waals surface area (Å²) in [5.41, 5.74) is -0.801. The predicted octanol–water partition coefficient (Wildman–Crippen LogP) is 1.90. The number of halogens is 3. The lowest BCUT2D eigenvalue weighted by Crippen LogP contribution is -2.04. The van der Waals surface area contributed by atoms with Gasteiger partial charge >= 0.3 is 6.18 Å². The first-order valence-corrected chi connectivity index (χ1v) is 2.59. The minimum absolute atomic E-state index is 0. The highest BCUT2D eigenvalue weighted by atomic mass is 19.4. The van der Waals surface area contributed by atoms with Crippen LogP contribution in [0.5, 0.6) is 0 Å². The van der Waals surface area contributed by atoms with Gasteiger partial charge in [0.2, 0.25) is 0 Å². The Morgan fingerprint density at radius 1 is 1.45 bits per heavy atom. The van der Waals surface area contributed by atoms with Gasteiger partial charge in [0, 0.05) is 0 Å². The van der Waals surface area contributed by atoms with Crippen LogP contribution in [0.3, 0.4) is 0 Å². The van der Waals surface area contributed by atoms with Crippen molar-refractivity contribution in [3.63, 3.8) is 0 Å². The van der Waals surface area contributed by atoms with E-state index in [2.05, 4.69) is 9.97 Å². The van der Waals surface area contributed by atoms with Crippen LogP contribution >= 0.6 is 0 Å². The lowest BCUT2D eigenvalue weighted by molar-refractivity contribution is -0.140.